The van der Waals surface area contributed by atoms with E-state index in [1.54, 1.807) is 0 Å². The van der Waals surface area contributed by atoms with Crippen molar-refractivity contribution in [3.8, 4) is 0 Å². The minimum absolute atomic E-state index is 0.339. The van der Waals surface area contributed by atoms with Gasteiger partial charge in [-0.25, -0.2) is 0 Å². The Morgan fingerprint density at radius 1 is 0.500 bits per heavy atom. The molecule has 12 heteroatoms. The summed E-state index contributed by atoms with van der Waals surface area (Å²) in [4.78, 5) is 70.0. The Morgan fingerprint density at radius 2 is 0.917 bits per heavy atom. The molecule has 244 valence electrons. The molecule has 0 unspecified atom stereocenters. The van der Waals surface area contributed by atoms with Crippen LogP contribution in [0.2, 0.25) is 0 Å². The normalized spacial score (nSPS) is 23.5. The second kappa shape index (κ2) is 11.2. The lowest BCUT2D eigenvalue weighted by molar-refractivity contribution is -0.125. The smallest absolute Gasteiger partial charge is 0.275 e. The predicted molar refractivity (Wildman–Crippen MR) is 180 cm³/mol. The van der Waals surface area contributed by atoms with Crippen molar-refractivity contribution in [2.75, 3.05) is 59.0 Å². The van der Waals surface area contributed by atoms with Crippen LogP contribution in [0.1, 0.15) is 28.9 Å². The molecular weight excluding hydrogens is 608 g/mol. The summed E-state index contributed by atoms with van der Waals surface area (Å²) in [5.41, 5.74) is 6.96. The topological polar surface area (TPSA) is 137 Å². The number of hydrogen-bond acceptors (Lipinski definition) is 8. The molecule has 4 N–H and O–H groups in total. The monoisotopic (exact) mass is 644 g/mol. The summed E-state index contributed by atoms with van der Waals surface area (Å²) in [7, 11) is 0. The molecule has 2 saturated heterocycles. The van der Waals surface area contributed by atoms with E-state index in [4.69, 9.17) is 0 Å². The summed E-state index contributed by atoms with van der Waals surface area (Å²) in [5, 5.41) is 7.03. The molecule has 2 fully saturated rings. The number of benzene rings is 2. The maximum atomic E-state index is 13.6. The third-order valence-electron chi connectivity index (χ3n) is 10.5. The Hall–Kier alpha value is -5.20. The van der Waals surface area contributed by atoms with Crippen molar-refractivity contribution in [1.29, 1.82) is 0 Å². The van der Waals surface area contributed by atoms with Gasteiger partial charge < -0.3 is 19.8 Å². The number of carbonyl (C=O) groups is 4. The Kier molecular flexibility index (Phi) is 6.77. The number of aryl methyl sites for hydroxylation is 2. The van der Waals surface area contributed by atoms with Gasteiger partial charge in [-0.2, -0.15) is 0 Å². The van der Waals surface area contributed by atoms with Gasteiger partial charge in [0.1, 0.15) is 11.4 Å². The highest BCUT2D eigenvalue weighted by Gasteiger charge is 2.40. The molecule has 9 heterocycles. The van der Waals surface area contributed by atoms with Crippen molar-refractivity contribution in [2.45, 2.75) is 19.3 Å². The maximum absolute atomic E-state index is 13.6. The Morgan fingerprint density at radius 3 is 1.35 bits per heavy atom. The van der Waals surface area contributed by atoms with Gasteiger partial charge >= 0.3 is 0 Å². The summed E-state index contributed by atoms with van der Waals surface area (Å²) in [6.07, 6.45) is 1.89. The lowest BCUT2D eigenvalue weighted by Gasteiger charge is -2.41. The number of piperazine rings is 2. The lowest BCUT2D eigenvalue weighted by Crippen LogP contribution is -2.54. The lowest BCUT2D eigenvalue weighted by atomic mass is 9.95. The molecule has 7 aliphatic heterocycles. The van der Waals surface area contributed by atoms with Crippen LogP contribution in [0.15, 0.2) is 59.9 Å². The molecule has 0 saturated carbocycles. The molecule has 0 spiro atoms. The number of aromatic nitrogens is 2. The fourth-order valence-electron chi connectivity index (χ4n) is 8.25. The number of carbonyl (C=O) groups excluding carboxylic acids is 4. The van der Waals surface area contributed by atoms with Crippen LogP contribution >= 0.6 is 0 Å². The van der Waals surface area contributed by atoms with Crippen LogP contribution in [-0.4, -0.2) is 112 Å². The first-order valence-electron chi connectivity index (χ1n) is 16.8. The minimum atomic E-state index is -0.363. The van der Waals surface area contributed by atoms with Gasteiger partial charge in [0.25, 0.3) is 23.6 Å². The molecular formula is C36H36N8O4. The predicted octanol–water partition coefficient (Wildman–Crippen LogP) is 1.77. The Balaban J connectivity index is 1.19. The zero-order valence-corrected chi connectivity index (χ0v) is 26.5. The Labute approximate surface area is 276 Å². The van der Waals surface area contributed by atoms with Crippen LogP contribution in [0, 0.1) is 0 Å². The number of rotatable bonds is 0. The highest BCUT2D eigenvalue weighted by Crippen LogP contribution is 2.38. The van der Waals surface area contributed by atoms with Crippen LogP contribution in [0.25, 0.3) is 33.0 Å². The van der Waals surface area contributed by atoms with Gasteiger partial charge in [-0.15, -0.1) is 0 Å². The summed E-state index contributed by atoms with van der Waals surface area (Å²) >= 11 is 0. The second-order valence-corrected chi connectivity index (χ2v) is 13.3. The standard InChI is InChI=1S/C36H36N8O4/c45-33-29-27-21-6-1-3-8-23(21)37-25(27)10-5-11-26-28(22-7-2-4-9-24(22)38-26)30-32(36(48)40-34(30)46)44-18-14-42(15-19-44)20-41-12-16-43(17-13-41)31(29)35(47)39-33/h1-4,6-9,37-38H,5,10-20H2,(H,39,45,47)(H,40,46,48). The van der Waals surface area contributed by atoms with Crippen LogP contribution in [0.4, 0.5) is 0 Å². The number of H-pyrrole nitrogens is 2. The summed E-state index contributed by atoms with van der Waals surface area (Å²) in [6.45, 7) is 6.36. The van der Waals surface area contributed by atoms with E-state index in [0.29, 0.717) is 68.0 Å². The average Bonchev–Trinajstić information content (AvgIpc) is 3.80. The van der Waals surface area contributed by atoms with Crippen molar-refractivity contribution in [3.05, 3.63) is 82.4 Å². The first kappa shape index (κ1) is 29.0. The number of fused-ring (bicyclic) bond motifs is 4. The first-order chi connectivity index (χ1) is 23.4. The number of amides is 4. The van der Waals surface area contributed by atoms with Crippen molar-refractivity contribution < 1.29 is 19.2 Å². The van der Waals surface area contributed by atoms with E-state index in [1.165, 1.54) is 0 Å². The fourth-order valence-corrected chi connectivity index (χ4v) is 8.25. The molecule has 2 aromatic heterocycles. The van der Waals surface area contributed by atoms with E-state index in [1.807, 2.05) is 48.5 Å². The number of para-hydroxylation sites is 2. The third-order valence-corrected chi connectivity index (χ3v) is 10.5. The van der Waals surface area contributed by atoms with Crippen molar-refractivity contribution >= 4 is 56.6 Å². The highest BCUT2D eigenvalue weighted by atomic mass is 16.2. The van der Waals surface area contributed by atoms with Gasteiger partial charge in [-0.1, -0.05) is 36.4 Å². The number of hydrogen-bond donors (Lipinski definition) is 4. The number of imide groups is 2. The van der Waals surface area contributed by atoms with Gasteiger partial charge in [-0.3, -0.25) is 39.6 Å². The number of aromatic amines is 2. The molecule has 48 heavy (non-hydrogen) atoms. The van der Waals surface area contributed by atoms with Crippen LogP contribution in [0.5, 0.6) is 0 Å². The van der Waals surface area contributed by atoms with E-state index in [0.717, 1.165) is 77.2 Å². The first-order valence-corrected chi connectivity index (χ1v) is 16.8. The molecule has 0 aliphatic carbocycles. The van der Waals surface area contributed by atoms with Crippen LogP contribution < -0.4 is 10.6 Å². The van der Waals surface area contributed by atoms with Gasteiger partial charge in [-0.05, 0) is 31.4 Å². The minimum Gasteiger partial charge on any atom is -0.364 e. The summed E-state index contributed by atoms with van der Waals surface area (Å²) < 4.78 is 0. The van der Waals surface area contributed by atoms with Gasteiger partial charge in [0.15, 0.2) is 0 Å². The molecule has 0 radical (unpaired) electrons. The molecule has 0 atom stereocenters. The molecule has 7 aliphatic rings. The molecule has 4 bridgehead atoms. The van der Waals surface area contributed by atoms with Crippen LogP contribution in [-0.2, 0) is 32.0 Å². The average molecular weight is 645 g/mol. The number of nitrogens with one attached hydrogen (secondary N) is 4. The van der Waals surface area contributed by atoms with Crippen LogP contribution in [0.3, 0.4) is 0 Å². The molecule has 4 aromatic rings. The van der Waals surface area contributed by atoms with Crippen molar-refractivity contribution in [2.24, 2.45) is 0 Å². The van der Waals surface area contributed by atoms with Gasteiger partial charge in [0, 0.05) is 96.7 Å². The van der Waals surface area contributed by atoms with E-state index in [9.17, 15) is 19.2 Å². The van der Waals surface area contributed by atoms with E-state index in [-0.39, 0.29) is 23.6 Å². The molecule has 11 rings (SSSR count). The van der Waals surface area contributed by atoms with E-state index >= 15 is 0 Å². The molecule has 12 nitrogen and oxygen atoms in total. The van der Waals surface area contributed by atoms with Crippen molar-refractivity contribution in [1.82, 2.24) is 40.2 Å². The van der Waals surface area contributed by atoms with E-state index in [2.05, 4.69) is 40.2 Å². The fraction of sp³-hybridized carbons (Fsp3) is 0.333. The van der Waals surface area contributed by atoms with Gasteiger partial charge in [0.05, 0.1) is 17.8 Å². The SMILES string of the molecule is O=C1NC(=O)C2=C1c1c([nH]c3ccccc13)CCCc1[nH]c3ccccc3c1C1=C(C(=O)NC1=O)N1CCN(CC1)CN1CCN2CC1. The molecule has 2 aromatic carbocycles. The number of nitrogens with zero attached hydrogens (tertiary/aromatic N) is 4. The molecule has 4 amide bonds. The van der Waals surface area contributed by atoms with Crippen molar-refractivity contribution in [3.63, 3.8) is 0 Å². The zero-order valence-electron chi connectivity index (χ0n) is 26.5. The second-order valence-electron chi connectivity index (χ2n) is 13.3. The summed E-state index contributed by atoms with van der Waals surface area (Å²) in [5.74, 6) is -1.40. The quantitative estimate of drug-likeness (QED) is 0.213. The zero-order chi connectivity index (χ0) is 32.5. The highest BCUT2D eigenvalue weighted by molar-refractivity contribution is 6.38. The third kappa shape index (κ3) is 4.58. The van der Waals surface area contributed by atoms with E-state index < -0.39 is 0 Å². The van der Waals surface area contributed by atoms with Gasteiger partial charge in [0.2, 0.25) is 0 Å². The largest absolute Gasteiger partial charge is 0.364 e. The Bertz CT molecular complexity index is 1960. The summed E-state index contributed by atoms with van der Waals surface area (Å²) in [6, 6.07) is 15.8. The maximum Gasteiger partial charge on any atom is 0.275 e.